The smallest absolute Gasteiger partial charge is 0.192 e. The molecule has 144 valence electrons. The Morgan fingerprint density at radius 2 is 2.15 bits per heavy atom. The lowest BCUT2D eigenvalue weighted by Gasteiger charge is -2.17. The molecule has 2 N–H and O–H groups in total. The third kappa shape index (κ3) is 5.87. The van der Waals surface area contributed by atoms with E-state index < -0.39 is 0 Å². The second-order valence-electron chi connectivity index (χ2n) is 6.18. The molecule has 0 fully saturated rings. The zero-order valence-electron chi connectivity index (χ0n) is 16.4. The molecule has 0 bridgehead atoms. The van der Waals surface area contributed by atoms with Gasteiger partial charge in [0, 0.05) is 26.8 Å². The van der Waals surface area contributed by atoms with Gasteiger partial charge in [-0.15, -0.1) is 10.2 Å². The largest absolute Gasteiger partial charge is 0.464 e. The van der Waals surface area contributed by atoms with E-state index in [2.05, 4.69) is 25.8 Å². The van der Waals surface area contributed by atoms with E-state index in [1.165, 1.54) is 0 Å². The number of ether oxygens (including phenoxy) is 1. The Morgan fingerprint density at radius 3 is 2.77 bits per heavy atom. The van der Waals surface area contributed by atoms with Crippen LogP contribution in [0, 0.1) is 13.8 Å². The van der Waals surface area contributed by atoms with Gasteiger partial charge < -0.3 is 24.4 Å². The third-order valence-corrected chi connectivity index (χ3v) is 4.06. The maximum absolute atomic E-state index is 5.70. The Bertz CT molecular complexity index is 706. The number of guanidine groups is 1. The first-order chi connectivity index (χ1) is 12.5. The van der Waals surface area contributed by atoms with E-state index in [-0.39, 0.29) is 6.04 Å². The molecule has 8 heteroatoms. The lowest BCUT2D eigenvalue weighted by molar-refractivity contribution is 0.145. The summed E-state index contributed by atoms with van der Waals surface area (Å²) in [4.78, 5) is 4.65. The molecule has 0 saturated carbocycles. The van der Waals surface area contributed by atoms with Gasteiger partial charge in [0.15, 0.2) is 11.8 Å². The van der Waals surface area contributed by atoms with Crippen LogP contribution in [0.4, 0.5) is 0 Å². The van der Waals surface area contributed by atoms with Gasteiger partial charge in [-0.2, -0.15) is 0 Å². The minimum absolute atomic E-state index is 0.00285. The summed E-state index contributed by atoms with van der Waals surface area (Å²) in [5.41, 5.74) is 0. The van der Waals surface area contributed by atoms with E-state index in [1.807, 2.05) is 51.4 Å². The molecule has 0 aliphatic carbocycles. The number of aryl methyl sites for hydroxylation is 2. The van der Waals surface area contributed by atoms with Crippen LogP contribution in [0.3, 0.4) is 0 Å². The van der Waals surface area contributed by atoms with Gasteiger partial charge in [-0.25, -0.2) is 4.99 Å². The van der Waals surface area contributed by atoms with Crippen LogP contribution in [0.15, 0.2) is 21.5 Å². The highest BCUT2D eigenvalue weighted by molar-refractivity contribution is 5.80. The normalized spacial score (nSPS) is 13.0. The number of hydrogen-bond acceptors (Lipinski definition) is 5. The first-order valence-corrected chi connectivity index (χ1v) is 9.05. The molecule has 1 atom stereocenters. The molecule has 2 heterocycles. The zero-order chi connectivity index (χ0) is 18.9. The number of aliphatic imine (C=N–C) groups is 1. The van der Waals surface area contributed by atoms with Crippen LogP contribution in [-0.2, 0) is 18.3 Å². The van der Waals surface area contributed by atoms with E-state index in [1.54, 1.807) is 0 Å². The highest BCUT2D eigenvalue weighted by atomic mass is 16.5. The fourth-order valence-corrected chi connectivity index (χ4v) is 2.38. The van der Waals surface area contributed by atoms with Gasteiger partial charge in [-0.1, -0.05) is 0 Å². The van der Waals surface area contributed by atoms with Gasteiger partial charge in [-0.05, 0) is 46.2 Å². The number of aromatic nitrogens is 3. The van der Waals surface area contributed by atoms with E-state index in [9.17, 15) is 0 Å². The zero-order valence-corrected chi connectivity index (χ0v) is 16.4. The third-order valence-electron chi connectivity index (χ3n) is 4.06. The van der Waals surface area contributed by atoms with Crippen LogP contribution in [0.5, 0.6) is 0 Å². The van der Waals surface area contributed by atoms with Crippen LogP contribution in [0.1, 0.15) is 49.5 Å². The van der Waals surface area contributed by atoms with Crippen LogP contribution in [0.25, 0.3) is 0 Å². The summed E-state index contributed by atoms with van der Waals surface area (Å²) in [6, 6.07) is 3.94. The van der Waals surface area contributed by atoms with Crippen molar-refractivity contribution in [3.05, 3.63) is 35.3 Å². The summed E-state index contributed by atoms with van der Waals surface area (Å²) in [6.45, 7) is 10.6. The standard InChI is InChI=1S/C18H30N6O2/c1-6-25-11-7-10-19-18(20-12-17-23-22-15(4)24(17)5)21-14(3)16-9-8-13(2)26-16/h8-9,14H,6-7,10-12H2,1-5H3,(H2,19,20,21). The fraction of sp³-hybridized carbons (Fsp3) is 0.611. The van der Waals surface area contributed by atoms with E-state index >= 15 is 0 Å². The maximum Gasteiger partial charge on any atom is 0.192 e. The molecule has 2 aromatic rings. The van der Waals surface area contributed by atoms with E-state index in [0.717, 1.165) is 49.3 Å². The quantitative estimate of drug-likeness (QED) is 0.404. The molecule has 0 aromatic carbocycles. The molecule has 0 saturated heterocycles. The van der Waals surface area contributed by atoms with Gasteiger partial charge >= 0.3 is 0 Å². The van der Waals surface area contributed by atoms with Crippen molar-refractivity contribution in [1.82, 2.24) is 25.4 Å². The number of nitrogens with zero attached hydrogens (tertiary/aromatic N) is 4. The highest BCUT2D eigenvalue weighted by Crippen LogP contribution is 2.15. The van der Waals surface area contributed by atoms with Gasteiger partial charge in [0.1, 0.15) is 23.9 Å². The fourth-order valence-electron chi connectivity index (χ4n) is 2.38. The van der Waals surface area contributed by atoms with Crippen molar-refractivity contribution in [2.24, 2.45) is 12.0 Å². The molecule has 0 spiro atoms. The average Bonchev–Trinajstić information content (AvgIpc) is 3.19. The molecule has 8 nitrogen and oxygen atoms in total. The molecule has 0 amide bonds. The van der Waals surface area contributed by atoms with Crippen molar-refractivity contribution in [3.8, 4) is 0 Å². The summed E-state index contributed by atoms with van der Waals surface area (Å²) in [7, 11) is 1.94. The van der Waals surface area contributed by atoms with Crippen LogP contribution >= 0.6 is 0 Å². The van der Waals surface area contributed by atoms with Crippen LogP contribution in [0.2, 0.25) is 0 Å². The molecule has 1 unspecified atom stereocenters. The predicted molar refractivity (Wildman–Crippen MR) is 101 cm³/mol. The Hall–Kier alpha value is -2.35. The SMILES string of the molecule is CCOCCCNC(=NCc1nnc(C)n1C)NC(C)c1ccc(C)o1. The second kappa shape index (κ2) is 9.96. The van der Waals surface area contributed by atoms with Gasteiger partial charge in [-0.3, -0.25) is 0 Å². The van der Waals surface area contributed by atoms with E-state index in [0.29, 0.717) is 12.5 Å². The van der Waals surface area contributed by atoms with Crippen molar-refractivity contribution in [3.63, 3.8) is 0 Å². The summed E-state index contributed by atoms with van der Waals surface area (Å²) in [6.07, 6.45) is 0.909. The summed E-state index contributed by atoms with van der Waals surface area (Å²) < 4.78 is 13.0. The first kappa shape index (κ1) is 20.0. The Morgan fingerprint density at radius 1 is 1.35 bits per heavy atom. The maximum atomic E-state index is 5.70. The van der Waals surface area contributed by atoms with Crippen molar-refractivity contribution in [2.75, 3.05) is 19.8 Å². The van der Waals surface area contributed by atoms with Gasteiger partial charge in [0.05, 0.1) is 6.04 Å². The minimum Gasteiger partial charge on any atom is -0.464 e. The van der Waals surface area contributed by atoms with Crippen molar-refractivity contribution < 1.29 is 9.15 Å². The van der Waals surface area contributed by atoms with Gasteiger partial charge in [0.25, 0.3) is 0 Å². The Kier molecular flexibility index (Phi) is 7.65. The number of nitrogens with one attached hydrogen (secondary N) is 2. The molecule has 2 rings (SSSR count). The van der Waals surface area contributed by atoms with E-state index in [4.69, 9.17) is 9.15 Å². The Labute approximate surface area is 155 Å². The predicted octanol–water partition coefficient (Wildman–Crippen LogP) is 2.25. The highest BCUT2D eigenvalue weighted by Gasteiger charge is 2.12. The number of hydrogen-bond donors (Lipinski definition) is 2. The monoisotopic (exact) mass is 362 g/mol. The molecule has 0 aliphatic heterocycles. The van der Waals surface area contributed by atoms with Crippen molar-refractivity contribution >= 4 is 5.96 Å². The average molecular weight is 362 g/mol. The van der Waals surface area contributed by atoms with Crippen LogP contribution < -0.4 is 10.6 Å². The molecule has 26 heavy (non-hydrogen) atoms. The Balaban J connectivity index is 2.00. The number of rotatable bonds is 9. The lowest BCUT2D eigenvalue weighted by atomic mass is 10.2. The number of furan rings is 1. The summed E-state index contributed by atoms with van der Waals surface area (Å²) in [5, 5.41) is 15.0. The molecule has 0 radical (unpaired) electrons. The van der Waals surface area contributed by atoms with Crippen molar-refractivity contribution in [1.29, 1.82) is 0 Å². The lowest BCUT2D eigenvalue weighted by Crippen LogP contribution is -2.39. The minimum atomic E-state index is 0.00285. The molecular weight excluding hydrogens is 332 g/mol. The molecule has 2 aromatic heterocycles. The van der Waals surface area contributed by atoms with Crippen LogP contribution in [-0.4, -0.2) is 40.5 Å². The molecular formula is C18H30N6O2. The topological polar surface area (TPSA) is 89.5 Å². The molecule has 0 aliphatic rings. The first-order valence-electron chi connectivity index (χ1n) is 9.05. The van der Waals surface area contributed by atoms with Gasteiger partial charge in [0.2, 0.25) is 0 Å². The second-order valence-corrected chi connectivity index (χ2v) is 6.18. The van der Waals surface area contributed by atoms with Crippen molar-refractivity contribution in [2.45, 2.75) is 46.7 Å². The summed E-state index contributed by atoms with van der Waals surface area (Å²) >= 11 is 0. The summed E-state index contributed by atoms with van der Waals surface area (Å²) in [5.74, 6) is 4.17.